The van der Waals surface area contributed by atoms with E-state index in [1.807, 2.05) is 20.8 Å². The third-order valence-electron chi connectivity index (χ3n) is 2.17. The number of amides is 1. The van der Waals surface area contributed by atoms with Gasteiger partial charge in [0.1, 0.15) is 6.04 Å². The zero-order chi connectivity index (χ0) is 14.2. The molecule has 0 saturated heterocycles. The van der Waals surface area contributed by atoms with Gasteiger partial charge in [0.25, 0.3) is 0 Å². The van der Waals surface area contributed by atoms with E-state index in [-0.39, 0.29) is 12.0 Å². The van der Waals surface area contributed by atoms with Crippen molar-refractivity contribution in [3.8, 4) is 0 Å². The van der Waals surface area contributed by atoms with Gasteiger partial charge in [0.2, 0.25) is 0 Å². The average molecular weight is 260 g/mol. The molecular formula is C12H24N2O4. The number of rotatable bonds is 7. The summed E-state index contributed by atoms with van der Waals surface area (Å²) in [6.45, 7) is 6.54. The molecule has 0 spiro atoms. The first-order chi connectivity index (χ1) is 8.26. The third kappa shape index (κ3) is 8.81. The summed E-state index contributed by atoms with van der Waals surface area (Å²) >= 11 is 0. The lowest BCUT2D eigenvalue weighted by Gasteiger charge is -2.19. The minimum Gasteiger partial charge on any atom is -0.480 e. The molecule has 6 nitrogen and oxygen atoms in total. The van der Waals surface area contributed by atoms with Crippen LogP contribution in [0.25, 0.3) is 0 Å². The predicted octanol–water partition coefficient (Wildman–Crippen LogP) is 1.34. The molecule has 0 heterocycles. The standard InChI is InChI=1S/C12H24N2O4/c1-12(2,3)8-18-11(17)14-9(10(15)16)6-4-5-7-13/h9H,4-8,13H2,1-3H3,(H,14,17)(H,15,16)/t9-/m0/s1. The van der Waals surface area contributed by atoms with Gasteiger partial charge in [-0.3, -0.25) is 0 Å². The number of hydrogen-bond donors (Lipinski definition) is 3. The van der Waals surface area contributed by atoms with Gasteiger partial charge in [-0.2, -0.15) is 0 Å². The molecule has 0 aromatic heterocycles. The second kappa shape index (κ2) is 7.92. The van der Waals surface area contributed by atoms with Crippen molar-refractivity contribution in [1.29, 1.82) is 0 Å². The number of carboxylic acid groups (broad SMARTS) is 1. The van der Waals surface area contributed by atoms with Crippen molar-refractivity contribution < 1.29 is 19.4 Å². The number of hydrogen-bond acceptors (Lipinski definition) is 4. The quantitative estimate of drug-likeness (QED) is 0.599. The Bertz CT molecular complexity index is 274. The molecule has 0 fully saturated rings. The number of carbonyl (C=O) groups is 2. The topological polar surface area (TPSA) is 102 Å². The molecule has 0 aliphatic carbocycles. The van der Waals surface area contributed by atoms with Gasteiger partial charge in [-0.05, 0) is 31.2 Å². The van der Waals surface area contributed by atoms with Crippen LogP contribution in [0.1, 0.15) is 40.0 Å². The van der Waals surface area contributed by atoms with E-state index in [9.17, 15) is 9.59 Å². The molecule has 1 atom stereocenters. The molecule has 1 amide bonds. The van der Waals surface area contributed by atoms with Crippen LogP contribution in [-0.4, -0.2) is 36.4 Å². The molecular weight excluding hydrogens is 236 g/mol. The molecule has 0 unspecified atom stereocenters. The van der Waals surface area contributed by atoms with Gasteiger partial charge in [-0.25, -0.2) is 9.59 Å². The van der Waals surface area contributed by atoms with Crippen molar-refractivity contribution in [2.75, 3.05) is 13.2 Å². The van der Waals surface area contributed by atoms with Gasteiger partial charge in [0.05, 0.1) is 6.61 Å². The highest BCUT2D eigenvalue weighted by Gasteiger charge is 2.21. The van der Waals surface area contributed by atoms with Gasteiger partial charge in [-0.1, -0.05) is 20.8 Å². The van der Waals surface area contributed by atoms with Gasteiger partial charge < -0.3 is 20.9 Å². The fourth-order valence-corrected chi connectivity index (χ4v) is 1.22. The van der Waals surface area contributed by atoms with E-state index in [1.54, 1.807) is 0 Å². The molecule has 0 aromatic rings. The van der Waals surface area contributed by atoms with Crippen molar-refractivity contribution in [3.63, 3.8) is 0 Å². The summed E-state index contributed by atoms with van der Waals surface area (Å²) < 4.78 is 4.96. The largest absolute Gasteiger partial charge is 0.480 e. The Labute approximate surface area is 108 Å². The minimum absolute atomic E-state index is 0.143. The Hall–Kier alpha value is -1.30. The molecule has 0 aliphatic heterocycles. The SMILES string of the molecule is CC(C)(C)COC(=O)N[C@@H](CCCCN)C(=O)O. The van der Waals surface area contributed by atoms with Crippen LogP contribution in [0.5, 0.6) is 0 Å². The molecule has 0 saturated carbocycles. The summed E-state index contributed by atoms with van der Waals surface area (Å²) in [5.41, 5.74) is 5.18. The van der Waals surface area contributed by atoms with Crippen LogP contribution in [0, 0.1) is 5.41 Å². The van der Waals surface area contributed by atoms with Crippen molar-refractivity contribution in [3.05, 3.63) is 0 Å². The Morgan fingerprint density at radius 1 is 1.33 bits per heavy atom. The van der Waals surface area contributed by atoms with Crippen LogP contribution in [0.15, 0.2) is 0 Å². The van der Waals surface area contributed by atoms with E-state index in [4.69, 9.17) is 15.6 Å². The monoisotopic (exact) mass is 260 g/mol. The summed E-state index contributed by atoms with van der Waals surface area (Å²) in [5.74, 6) is -1.06. The molecule has 4 N–H and O–H groups in total. The number of nitrogens with two attached hydrogens (primary N) is 1. The van der Waals surface area contributed by atoms with Crippen molar-refractivity contribution in [1.82, 2.24) is 5.32 Å². The average Bonchev–Trinajstić information content (AvgIpc) is 2.24. The fourth-order valence-electron chi connectivity index (χ4n) is 1.22. The van der Waals surface area contributed by atoms with E-state index >= 15 is 0 Å². The van der Waals surface area contributed by atoms with Crippen LogP contribution in [0.3, 0.4) is 0 Å². The van der Waals surface area contributed by atoms with Crippen LogP contribution in [0.4, 0.5) is 4.79 Å². The summed E-state index contributed by atoms with van der Waals surface area (Å²) in [6, 6.07) is -0.913. The van der Waals surface area contributed by atoms with Gasteiger partial charge in [-0.15, -0.1) is 0 Å². The van der Waals surface area contributed by atoms with E-state index in [0.29, 0.717) is 19.4 Å². The molecule has 0 radical (unpaired) electrons. The lowest BCUT2D eigenvalue weighted by Crippen LogP contribution is -2.41. The number of nitrogens with one attached hydrogen (secondary N) is 1. The first-order valence-corrected chi connectivity index (χ1v) is 6.12. The number of unbranched alkanes of at least 4 members (excludes halogenated alkanes) is 1. The number of ether oxygens (including phenoxy) is 1. The Morgan fingerprint density at radius 3 is 2.39 bits per heavy atom. The molecule has 0 bridgehead atoms. The lowest BCUT2D eigenvalue weighted by molar-refractivity contribution is -0.139. The van der Waals surface area contributed by atoms with Gasteiger partial charge in [0, 0.05) is 0 Å². The van der Waals surface area contributed by atoms with E-state index in [1.165, 1.54) is 0 Å². The second-order valence-electron chi connectivity index (χ2n) is 5.46. The number of carboxylic acids is 1. The first kappa shape index (κ1) is 16.7. The highest BCUT2D eigenvalue weighted by molar-refractivity contribution is 5.79. The van der Waals surface area contributed by atoms with E-state index in [2.05, 4.69) is 5.32 Å². The number of alkyl carbamates (subject to hydrolysis) is 1. The predicted molar refractivity (Wildman–Crippen MR) is 68.3 cm³/mol. The summed E-state index contributed by atoms with van der Waals surface area (Å²) in [5, 5.41) is 11.3. The zero-order valence-corrected chi connectivity index (χ0v) is 11.4. The molecule has 6 heteroatoms. The summed E-state index contributed by atoms with van der Waals surface area (Å²) in [4.78, 5) is 22.3. The minimum atomic E-state index is -1.06. The molecule has 0 aliphatic rings. The first-order valence-electron chi connectivity index (χ1n) is 6.12. The van der Waals surface area contributed by atoms with Crippen molar-refractivity contribution in [2.45, 2.75) is 46.1 Å². The van der Waals surface area contributed by atoms with Crippen LogP contribution in [0.2, 0.25) is 0 Å². The Balaban J connectivity index is 4.08. The molecule has 0 aromatic carbocycles. The van der Waals surface area contributed by atoms with E-state index < -0.39 is 18.1 Å². The summed E-state index contributed by atoms with van der Waals surface area (Å²) in [7, 11) is 0. The zero-order valence-electron chi connectivity index (χ0n) is 11.4. The molecule has 18 heavy (non-hydrogen) atoms. The van der Waals surface area contributed by atoms with E-state index in [0.717, 1.165) is 6.42 Å². The number of aliphatic carboxylic acids is 1. The lowest BCUT2D eigenvalue weighted by atomic mass is 9.99. The van der Waals surface area contributed by atoms with Crippen LogP contribution >= 0.6 is 0 Å². The van der Waals surface area contributed by atoms with Crippen molar-refractivity contribution in [2.24, 2.45) is 11.1 Å². The summed E-state index contributed by atoms with van der Waals surface area (Å²) in [6.07, 6.45) is 1.07. The van der Waals surface area contributed by atoms with Gasteiger partial charge >= 0.3 is 12.1 Å². The maximum Gasteiger partial charge on any atom is 0.407 e. The highest BCUT2D eigenvalue weighted by atomic mass is 16.5. The fraction of sp³-hybridized carbons (Fsp3) is 0.833. The van der Waals surface area contributed by atoms with Crippen LogP contribution in [-0.2, 0) is 9.53 Å². The maximum atomic E-state index is 11.4. The third-order valence-corrected chi connectivity index (χ3v) is 2.17. The van der Waals surface area contributed by atoms with Crippen LogP contribution < -0.4 is 11.1 Å². The molecule has 106 valence electrons. The van der Waals surface area contributed by atoms with Crippen molar-refractivity contribution >= 4 is 12.1 Å². The van der Waals surface area contributed by atoms with Gasteiger partial charge in [0.15, 0.2) is 0 Å². The maximum absolute atomic E-state index is 11.4. The molecule has 0 rings (SSSR count). The Kier molecular flexibility index (Phi) is 7.35. The smallest absolute Gasteiger partial charge is 0.407 e. The second-order valence-corrected chi connectivity index (χ2v) is 5.46. The number of carbonyl (C=O) groups excluding carboxylic acids is 1. The highest BCUT2D eigenvalue weighted by Crippen LogP contribution is 2.12. The Morgan fingerprint density at radius 2 is 1.94 bits per heavy atom. The normalized spacial score (nSPS) is 12.9.